The summed E-state index contributed by atoms with van der Waals surface area (Å²) in [6, 6.07) is 30.2. The highest BCUT2D eigenvalue weighted by atomic mass is 16.2. The summed E-state index contributed by atoms with van der Waals surface area (Å²) in [5, 5.41) is 4.18. The van der Waals surface area contributed by atoms with E-state index in [1.807, 2.05) is 73.7 Å². The van der Waals surface area contributed by atoms with Crippen molar-refractivity contribution in [2.75, 3.05) is 5.32 Å². The molecular formula is C26H24N2O. The molecule has 0 aliphatic rings. The number of carbonyl (C=O) groups is 1. The Labute approximate surface area is 171 Å². The SMILES string of the molecule is CC(Cc1ccccc1)(Cc1ccccc1)C(=O)Nc1cccc2cccnc12. The Morgan fingerprint density at radius 1 is 0.793 bits per heavy atom. The molecule has 0 saturated carbocycles. The van der Waals surface area contributed by atoms with E-state index in [4.69, 9.17) is 0 Å². The highest BCUT2D eigenvalue weighted by Gasteiger charge is 2.34. The number of amides is 1. The normalized spacial score (nSPS) is 11.3. The van der Waals surface area contributed by atoms with Gasteiger partial charge in [-0.1, -0.05) is 85.8 Å². The van der Waals surface area contributed by atoms with Crippen molar-refractivity contribution in [3.63, 3.8) is 0 Å². The van der Waals surface area contributed by atoms with Crippen LogP contribution in [0.4, 0.5) is 5.69 Å². The van der Waals surface area contributed by atoms with E-state index < -0.39 is 5.41 Å². The summed E-state index contributed by atoms with van der Waals surface area (Å²) in [6.07, 6.45) is 3.07. The Kier molecular flexibility index (Phi) is 5.39. The average Bonchev–Trinajstić information content (AvgIpc) is 2.75. The minimum Gasteiger partial charge on any atom is -0.324 e. The van der Waals surface area contributed by atoms with Crippen LogP contribution in [0, 0.1) is 5.41 Å². The molecule has 29 heavy (non-hydrogen) atoms. The highest BCUT2D eigenvalue weighted by molar-refractivity contribution is 6.02. The molecule has 4 rings (SSSR count). The van der Waals surface area contributed by atoms with Crippen LogP contribution in [0.15, 0.2) is 97.2 Å². The fourth-order valence-corrected chi connectivity index (χ4v) is 3.79. The molecule has 0 atom stereocenters. The maximum Gasteiger partial charge on any atom is 0.231 e. The fraction of sp³-hybridized carbons (Fsp3) is 0.154. The van der Waals surface area contributed by atoms with Gasteiger partial charge in [-0.3, -0.25) is 9.78 Å². The van der Waals surface area contributed by atoms with E-state index in [1.165, 1.54) is 0 Å². The zero-order valence-electron chi connectivity index (χ0n) is 16.5. The number of hydrogen-bond acceptors (Lipinski definition) is 2. The van der Waals surface area contributed by atoms with Crippen molar-refractivity contribution in [3.8, 4) is 0 Å². The summed E-state index contributed by atoms with van der Waals surface area (Å²) in [6.45, 7) is 2.04. The van der Waals surface area contributed by atoms with Gasteiger partial charge in [0.25, 0.3) is 0 Å². The molecule has 3 nitrogen and oxygen atoms in total. The molecule has 0 fully saturated rings. The lowest BCUT2D eigenvalue weighted by atomic mass is 9.77. The molecule has 1 heterocycles. The number of nitrogens with one attached hydrogen (secondary N) is 1. The van der Waals surface area contributed by atoms with Crippen LogP contribution in [0.25, 0.3) is 10.9 Å². The van der Waals surface area contributed by atoms with Crippen LogP contribution in [-0.2, 0) is 17.6 Å². The largest absolute Gasteiger partial charge is 0.324 e. The summed E-state index contributed by atoms with van der Waals surface area (Å²) >= 11 is 0. The van der Waals surface area contributed by atoms with Gasteiger partial charge in [0.1, 0.15) is 0 Å². The Balaban J connectivity index is 1.66. The second kappa shape index (κ2) is 8.27. The van der Waals surface area contributed by atoms with Crippen molar-refractivity contribution in [3.05, 3.63) is 108 Å². The third-order valence-electron chi connectivity index (χ3n) is 5.30. The maximum absolute atomic E-state index is 13.5. The predicted octanol–water partition coefficient (Wildman–Crippen LogP) is 5.67. The molecule has 0 unspecified atom stereocenters. The van der Waals surface area contributed by atoms with Gasteiger partial charge < -0.3 is 5.32 Å². The minimum atomic E-state index is -0.598. The Hall–Kier alpha value is -3.46. The first-order chi connectivity index (χ1) is 14.1. The van der Waals surface area contributed by atoms with Crippen molar-refractivity contribution >= 4 is 22.5 Å². The van der Waals surface area contributed by atoms with Crippen LogP contribution in [0.5, 0.6) is 0 Å². The highest BCUT2D eigenvalue weighted by Crippen LogP contribution is 2.31. The van der Waals surface area contributed by atoms with Crippen LogP contribution in [0.2, 0.25) is 0 Å². The third kappa shape index (κ3) is 4.35. The van der Waals surface area contributed by atoms with Crippen LogP contribution < -0.4 is 5.32 Å². The van der Waals surface area contributed by atoms with E-state index in [2.05, 4.69) is 34.6 Å². The van der Waals surface area contributed by atoms with Crippen LogP contribution >= 0.6 is 0 Å². The number of fused-ring (bicyclic) bond motifs is 1. The molecule has 3 aromatic carbocycles. The van der Waals surface area contributed by atoms with Gasteiger partial charge in [-0.15, -0.1) is 0 Å². The third-order valence-corrected chi connectivity index (χ3v) is 5.30. The van der Waals surface area contributed by atoms with Gasteiger partial charge in [0, 0.05) is 11.6 Å². The standard InChI is InChI=1S/C26H24N2O/c1-26(18-20-10-4-2-5-11-20,19-21-12-6-3-7-13-21)25(29)28-23-16-8-14-22-15-9-17-27-24(22)23/h2-17H,18-19H2,1H3,(H,28,29). The lowest BCUT2D eigenvalue weighted by Gasteiger charge is -2.29. The number of anilines is 1. The molecule has 3 heteroatoms. The lowest BCUT2D eigenvalue weighted by molar-refractivity contribution is -0.124. The number of nitrogens with zero attached hydrogens (tertiary/aromatic N) is 1. The maximum atomic E-state index is 13.5. The molecule has 1 N–H and O–H groups in total. The van der Waals surface area contributed by atoms with Crippen LogP contribution in [-0.4, -0.2) is 10.9 Å². The molecule has 144 valence electrons. The van der Waals surface area contributed by atoms with Crippen molar-refractivity contribution in [1.82, 2.24) is 4.98 Å². The second-order valence-corrected chi connectivity index (χ2v) is 7.72. The topological polar surface area (TPSA) is 42.0 Å². The Bertz CT molecular complexity index is 1060. The van der Waals surface area contributed by atoms with Gasteiger partial charge in [-0.25, -0.2) is 0 Å². The van der Waals surface area contributed by atoms with Crippen LogP contribution in [0.1, 0.15) is 18.1 Å². The first-order valence-corrected chi connectivity index (χ1v) is 9.87. The average molecular weight is 380 g/mol. The molecule has 0 spiro atoms. The van der Waals surface area contributed by atoms with Gasteiger partial charge in [0.05, 0.1) is 16.6 Å². The number of para-hydroxylation sites is 1. The zero-order chi connectivity index (χ0) is 20.1. The number of aromatic nitrogens is 1. The van der Waals surface area contributed by atoms with Crippen molar-refractivity contribution < 1.29 is 4.79 Å². The van der Waals surface area contributed by atoms with Gasteiger partial charge in [-0.05, 0) is 36.1 Å². The predicted molar refractivity (Wildman–Crippen MR) is 119 cm³/mol. The summed E-state index contributed by atoms with van der Waals surface area (Å²) in [4.78, 5) is 18.0. The second-order valence-electron chi connectivity index (χ2n) is 7.72. The molecule has 1 amide bonds. The van der Waals surface area contributed by atoms with Crippen molar-refractivity contribution in [2.45, 2.75) is 19.8 Å². The molecule has 0 aliphatic carbocycles. The molecule has 0 bridgehead atoms. The first kappa shape index (κ1) is 18.9. The minimum absolute atomic E-state index is 0.00311. The van der Waals surface area contributed by atoms with E-state index >= 15 is 0 Å². The quantitative estimate of drug-likeness (QED) is 0.469. The van der Waals surface area contributed by atoms with E-state index in [-0.39, 0.29) is 5.91 Å². The fourth-order valence-electron chi connectivity index (χ4n) is 3.79. The Morgan fingerprint density at radius 3 is 2.00 bits per heavy atom. The molecule has 1 aromatic heterocycles. The van der Waals surface area contributed by atoms with Gasteiger partial charge in [-0.2, -0.15) is 0 Å². The monoisotopic (exact) mass is 380 g/mol. The number of rotatable bonds is 6. The van der Waals surface area contributed by atoms with Gasteiger partial charge >= 0.3 is 0 Å². The number of carbonyl (C=O) groups excluding carboxylic acids is 1. The summed E-state index contributed by atoms with van der Waals surface area (Å²) < 4.78 is 0. The number of pyridine rings is 1. The van der Waals surface area contributed by atoms with Gasteiger partial charge in [0.2, 0.25) is 5.91 Å². The molecule has 0 radical (unpaired) electrons. The molecule has 0 aliphatic heterocycles. The van der Waals surface area contributed by atoms with E-state index in [0.717, 1.165) is 27.7 Å². The smallest absolute Gasteiger partial charge is 0.231 e. The molecule has 0 saturated heterocycles. The van der Waals surface area contributed by atoms with Crippen molar-refractivity contribution in [2.24, 2.45) is 5.41 Å². The lowest BCUT2D eigenvalue weighted by Crippen LogP contribution is -2.37. The van der Waals surface area contributed by atoms with Crippen molar-refractivity contribution in [1.29, 1.82) is 0 Å². The van der Waals surface area contributed by atoms with Crippen LogP contribution in [0.3, 0.4) is 0 Å². The molecular weight excluding hydrogens is 356 g/mol. The summed E-state index contributed by atoms with van der Waals surface area (Å²) in [5.74, 6) is 0.00311. The summed E-state index contributed by atoms with van der Waals surface area (Å²) in [5.41, 5.74) is 3.26. The first-order valence-electron chi connectivity index (χ1n) is 9.87. The van der Waals surface area contributed by atoms with E-state index in [0.29, 0.717) is 12.8 Å². The number of benzene rings is 3. The summed E-state index contributed by atoms with van der Waals surface area (Å²) in [7, 11) is 0. The molecule has 4 aromatic rings. The van der Waals surface area contributed by atoms with E-state index in [1.54, 1.807) is 6.20 Å². The Morgan fingerprint density at radius 2 is 1.38 bits per heavy atom. The zero-order valence-corrected chi connectivity index (χ0v) is 16.5. The van der Waals surface area contributed by atoms with Gasteiger partial charge in [0.15, 0.2) is 0 Å². The van der Waals surface area contributed by atoms with E-state index in [9.17, 15) is 4.79 Å². The number of hydrogen-bond donors (Lipinski definition) is 1.